The number of nitrogens with zero attached hydrogens (tertiary/aromatic N) is 1. The lowest BCUT2D eigenvalue weighted by Crippen LogP contribution is -2.42. The molecule has 1 N–H and O–H groups in total. The molecule has 0 bridgehead atoms. The molecule has 7 heteroatoms. The van der Waals surface area contributed by atoms with Gasteiger partial charge >= 0.3 is 5.97 Å². The number of benzene rings is 1. The van der Waals surface area contributed by atoms with E-state index in [1.807, 2.05) is 0 Å². The molecule has 0 spiro atoms. The summed E-state index contributed by atoms with van der Waals surface area (Å²) in [6.45, 7) is 1.07. The van der Waals surface area contributed by atoms with Gasteiger partial charge in [-0.2, -0.15) is 0 Å². The topological polar surface area (TPSA) is 83.9 Å². The Morgan fingerprint density at radius 3 is 2.50 bits per heavy atom. The number of ether oxygens (including phenoxy) is 1. The molecule has 2 rings (SSSR count). The number of hydrogen-bond acceptors (Lipinski definition) is 5. The number of amides is 1. The number of thioether (sulfide) groups is 1. The fourth-order valence-corrected chi connectivity index (χ4v) is 3.78. The van der Waals surface area contributed by atoms with E-state index >= 15 is 0 Å². The van der Waals surface area contributed by atoms with Crippen molar-refractivity contribution in [3.8, 4) is 5.75 Å². The Bertz CT molecular complexity index is 640. The average molecular weight is 351 g/mol. The predicted octanol–water partition coefficient (Wildman–Crippen LogP) is 2.80. The summed E-state index contributed by atoms with van der Waals surface area (Å²) in [4.78, 5) is 37.6. The molecule has 0 saturated heterocycles. The van der Waals surface area contributed by atoms with Crippen molar-refractivity contribution in [1.29, 1.82) is 0 Å². The molecular weight excluding hydrogens is 330 g/mol. The fraction of sp³-hybridized carbons (Fsp3) is 0.471. The third-order valence-electron chi connectivity index (χ3n) is 4.01. The first-order chi connectivity index (χ1) is 11.4. The van der Waals surface area contributed by atoms with Crippen molar-refractivity contribution < 1.29 is 24.2 Å². The number of hydrogen-bond donors (Lipinski definition) is 1. The first-order valence-electron chi connectivity index (χ1n) is 7.82. The van der Waals surface area contributed by atoms with Crippen LogP contribution in [0.4, 0.5) is 0 Å². The summed E-state index contributed by atoms with van der Waals surface area (Å²) >= 11 is 0.925. The van der Waals surface area contributed by atoms with Gasteiger partial charge in [-0.1, -0.05) is 18.9 Å². The Balaban J connectivity index is 2.41. The number of carbonyl (C=O) groups is 3. The van der Waals surface area contributed by atoms with Crippen LogP contribution in [0.15, 0.2) is 23.1 Å². The van der Waals surface area contributed by atoms with Gasteiger partial charge in [-0.15, -0.1) is 0 Å². The summed E-state index contributed by atoms with van der Waals surface area (Å²) in [5, 5.41) is 9.01. The van der Waals surface area contributed by atoms with Crippen molar-refractivity contribution in [2.75, 3.05) is 13.7 Å². The van der Waals surface area contributed by atoms with Crippen LogP contribution in [-0.4, -0.2) is 46.7 Å². The van der Waals surface area contributed by atoms with Crippen LogP contribution in [0.5, 0.6) is 5.75 Å². The van der Waals surface area contributed by atoms with Gasteiger partial charge in [0, 0.05) is 13.0 Å². The zero-order chi connectivity index (χ0) is 17.7. The van der Waals surface area contributed by atoms with Gasteiger partial charge in [0.2, 0.25) is 0 Å². The standard InChI is InChI=1S/C17H21NO5S/c1-11(19)24-16-13(8-5-9-14(16)23-2)17(22)18(10-15(20)21)12-6-3-4-7-12/h5,8-9,12H,3-4,6-7,10H2,1-2H3,(H,20,21). The number of methoxy groups -OCH3 is 1. The number of carbonyl (C=O) groups excluding carboxylic acids is 2. The normalized spacial score (nSPS) is 14.4. The van der Waals surface area contributed by atoms with Gasteiger partial charge in [-0.3, -0.25) is 14.4 Å². The van der Waals surface area contributed by atoms with Crippen molar-refractivity contribution in [1.82, 2.24) is 4.90 Å². The summed E-state index contributed by atoms with van der Waals surface area (Å²) in [7, 11) is 1.47. The van der Waals surface area contributed by atoms with E-state index in [2.05, 4.69) is 0 Å². The SMILES string of the molecule is COc1cccc(C(=O)N(CC(=O)O)C2CCCC2)c1SC(C)=O. The van der Waals surface area contributed by atoms with Gasteiger partial charge in [0.1, 0.15) is 12.3 Å². The molecular formula is C17H21NO5S. The summed E-state index contributed by atoms with van der Waals surface area (Å²) < 4.78 is 5.26. The Morgan fingerprint density at radius 1 is 1.29 bits per heavy atom. The highest BCUT2D eigenvalue weighted by Gasteiger charge is 2.31. The molecule has 1 amide bonds. The number of rotatable bonds is 6. The van der Waals surface area contributed by atoms with E-state index in [1.54, 1.807) is 18.2 Å². The minimum atomic E-state index is -1.04. The van der Waals surface area contributed by atoms with E-state index in [-0.39, 0.29) is 23.6 Å². The first kappa shape index (κ1) is 18.3. The lowest BCUT2D eigenvalue weighted by Gasteiger charge is -2.28. The molecule has 1 aliphatic carbocycles. The zero-order valence-electron chi connectivity index (χ0n) is 13.8. The molecule has 0 atom stereocenters. The van der Waals surface area contributed by atoms with Gasteiger partial charge in [0.25, 0.3) is 5.91 Å². The molecule has 0 radical (unpaired) electrons. The minimum Gasteiger partial charge on any atom is -0.496 e. The maximum absolute atomic E-state index is 13.0. The third-order valence-corrected chi connectivity index (χ3v) is 4.92. The lowest BCUT2D eigenvalue weighted by molar-refractivity contribution is -0.138. The van der Waals surface area contributed by atoms with Crippen molar-refractivity contribution in [3.63, 3.8) is 0 Å². The van der Waals surface area contributed by atoms with E-state index in [4.69, 9.17) is 4.74 Å². The second kappa shape index (κ2) is 8.19. The first-order valence-corrected chi connectivity index (χ1v) is 8.64. The maximum atomic E-state index is 13.0. The van der Waals surface area contributed by atoms with E-state index in [1.165, 1.54) is 18.9 Å². The largest absolute Gasteiger partial charge is 0.496 e. The van der Waals surface area contributed by atoms with Crippen molar-refractivity contribution in [3.05, 3.63) is 23.8 Å². The lowest BCUT2D eigenvalue weighted by atomic mass is 10.1. The van der Waals surface area contributed by atoms with E-state index in [9.17, 15) is 19.5 Å². The molecule has 1 aliphatic rings. The summed E-state index contributed by atoms with van der Waals surface area (Å²) in [5.41, 5.74) is 0.308. The summed E-state index contributed by atoms with van der Waals surface area (Å²) in [6.07, 6.45) is 3.58. The van der Waals surface area contributed by atoms with Crippen LogP contribution in [0, 0.1) is 0 Å². The quantitative estimate of drug-likeness (QED) is 0.794. The fourth-order valence-electron chi connectivity index (χ4n) is 2.98. The van der Waals surface area contributed by atoms with E-state index in [0.717, 1.165) is 37.4 Å². The van der Waals surface area contributed by atoms with E-state index in [0.29, 0.717) is 16.2 Å². The third kappa shape index (κ3) is 4.29. The Kier molecular flexibility index (Phi) is 6.25. The minimum absolute atomic E-state index is 0.0741. The molecule has 6 nitrogen and oxygen atoms in total. The zero-order valence-corrected chi connectivity index (χ0v) is 14.6. The smallest absolute Gasteiger partial charge is 0.323 e. The second-order valence-corrected chi connectivity index (χ2v) is 6.88. The molecule has 130 valence electrons. The van der Waals surface area contributed by atoms with Crippen molar-refractivity contribution >= 4 is 28.8 Å². The monoisotopic (exact) mass is 351 g/mol. The molecule has 1 saturated carbocycles. The van der Waals surface area contributed by atoms with Crippen LogP contribution >= 0.6 is 11.8 Å². The van der Waals surface area contributed by atoms with Gasteiger partial charge in [0.15, 0.2) is 5.12 Å². The van der Waals surface area contributed by atoms with Gasteiger partial charge < -0.3 is 14.7 Å². The number of carboxylic acids is 1. The molecule has 0 aromatic heterocycles. The van der Waals surface area contributed by atoms with Crippen LogP contribution < -0.4 is 4.74 Å². The van der Waals surface area contributed by atoms with Crippen molar-refractivity contribution in [2.45, 2.75) is 43.5 Å². The number of aliphatic carboxylic acids is 1. The highest BCUT2D eigenvalue weighted by molar-refractivity contribution is 8.13. The van der Waals surface area contributed by atoms with Crippen molar-refractivity contribution in [2.24, 2.45) is 0 Å². The van der Waals surface area contributed by atoms with Crippen LogP contribution in [0.3, 0.4) is 0 Å². The predicted molar refractivity (Wildman–Crippen MR) is 90.5 cm³/mol. The van der Waals surface area contributed by atoms with Gasteiger partial charge in [0.05, 0.1) is 17.6 Å². The molecule has 1 fully saturated rings. The van der Waals surface area contributed by atoms with Crippen LogP contribution in [0.1, 0.15) is 43.0 Å². The van der Waals surface area contributed by atoms with E-state index < -0.39 is 5.97 Å². The maximum Gasteiger partial charge on any atom is 0.323 e. The Morgan fingerprint density at radius 2 is 1.96 bits per heavy atom. The molecule has 1 aromatic carbocycles. The molecule has 0 unspecified atom stereocenters. The van der Waals surface area contributed by atoms with Crippen LogP contribution in [0.25, 0.3) is 0 Å². The molecule has 0 aliphatic heterocycles. The van der Waals surface area contributed by atoms with Gasteiger partial charge in [-0.25, -0.2) is 0 Å². The Labute approximate surface area is 145 Å². The second-order valence-electron chi connectivity index (χ2n) is 5.70. The average Bonchev–Trinajstić information content (AvgIpc) is 3.05. The molecule has 1 aromatic rings. The van der Waals surface area contributed by atoms with Gasteiger partial charge in [-0.05, 0) is 36.7 Å². The summed E-state index contributed by atoms with van der Waals surface area (Å²) in [6, 6.07) is 4.89. The Hall–Kier alpha value is -2.02. The van der Waals surface area contributed by atoms with Crippen LogP contribution in [-0.2, 0) is 9.59 Å². The summed E-state index contributed by atoms with van der Waals surface area (Å²) in [5.74, 6) is -0.978. The number of carboxylic acid groups (broad SMARTS) is 1. The highest BCUT2D eigenvalue weighted by atomic mass is 32.2. The molecule has 0 heterocycles. The molecule has 24 heavy (non-hydrogen) atoms. The highest BCUT2D eigenvalue weighted by Crippen LogP contribution is 2.35. The van der Waals surface area contributed by atoms with Crippen LogP contribution in [0.2, 0.25) is 0 Å².